The molecule has 172 valence electrons. The van der Waals surface area contributed by atoms with Crippen molar-refractivity contribution in [3.63, 3.8) is 0 Å². The average Bonchev–Trinajstić information content (AvgIpc) is 3.40. The van der Waals surface area contributed by atoms with Gasteiger partial charge in [0.15, 0.2) is 0 Å². The monoisotopic (exact) mass is 429 g/mol. The molecule has 5 unspecified atom stereocenters. The van der Waals surface area contributed by atoms with E-state index in [9.17, 15) is 5.11 Å². The lowest BCUT2D eigenvalue weighted by Crippen LogP contribution is -2.59. The number of rotatable bonds is 4. The molecule has 0 aromatic rings. The zero-order valence-corrected chi connectivity index (χ0v) is 19.2. The summed E-state index contributed by atoms with van der Waals surface area (Å²) in [6.45, 7) is 9.00. The normalized spacial score (nSPS) is 47.2. The molecule has 5 fully saturated rings. The van der Waals surface area contributed by atoms with Gasteiger partial charge in [0.2, 0.25) is 0 Å². The van der Waals surface area contributed by atoms with Gasteiger partial charge in [0.1, 0.15) is 13.2 Å². The molecule has 1 saturated heterocycles. The topological polar surface area (TPSA) is 75.4 Å². The van der Waals surface area contributed by atoms with E-state index < -0.39 is 0 Å². The molecule has 4 saturated carbocycles. The van der Waals surface area contributed by atoms with Gasteiger partial charge in [0.25, 0.3) is 0 Å². The predicted octanol–water partition coefficient (Wildman–Crippen LogP) is 3.90. The number of aliphatic hydroxyl groups excluding tert-OH is 1. The van der Waals surface area contributed by atoms with Crippen molar-refractivity contribution in [3.05, 3.63) is 12.2 Å². The summed E-state index contributed by atoms with van der Waals surface area (Å²) in [5.74, 6) is 1.96. The molecule has 2 N–H and O–H groups in total. The summed E-state index contributed by atoms with van der Waals surface area (Å²) in [6.07, 6.45) is 9.69. The zero-order chi connectivity index (χ0) is 21.6. The van der Waals surface area contributed by atoms with Gasteiger partial charge in [-0.1, -0.05) is 29.4 Å². The Labute approximate surface area is 186 Å². The molecule has 0 amide bonds. The second-order valence-corrected chi connectivity index (χ2v) is 11.0. The van der Waals surface area contributed by atoms with Gasteiger partial charge in [-0.2, -0.15) is 0 Å². The Kier molecular flexibility index (Phi) is 5.66. The van der Waals surface area contributed by atoms with Crippen molar-refractivity contribution in [2.75, 3.05) is 26.8 Å². The third-order valence-electron chi connectivity index (χ3n) is 9.84. The van der Waals surface area contributed by atoms with Crippen molar-refractivity contribution in [1.29, 1.82) is 0 Å². The first-order valence-corrected chi connectivity index (χ1v) is 12.3. The molecule has 4 aliphatic carbocycles. The van der Waals surface area contributed by atoms with Crippen LogP contribution in [0.4, 0.5) is 0 Å². The molecule has 6 nitrogen and oxygen atoms in total. The fourth-order valence-electron chi connectivity index (χ4n) is 8.04. The summed E-state index contributed by atoms with van der Waals surface area (Å²) in [4.78, 5) is 11.2. The minimum atomic E-state index is -0.112. The van der Waals surface area contributed by atoms with E-state index in [1.54, 1.807) is 7.11 Å². The Morgan fingerprint density at radius 1 is 1.13 bits per heavy atom. The van der Waals surface area contributed by atoms with Gasteiger partial charge in [0, 0.05) is 30.9 Å². The van der Waals surface area contributed by atoms with Gasteiger partial charge in [0.05, 0.1) is 11.4 Å². The van der Waals surface area contributed by atoms with Crippen LogP contribution in [0, 0.1) is 34.5 Å². The standard InChI is InChI=1S/C25H39N3O3/c1-16-4-5-20-19-13-23(28-30-3)22-12-17(27-31-18-8-11-26-14-18)6-10-25(22,15-29)21(19)7-9-24(16,20)2/h18-22,26,29H,1,4-15H2,2-3H3/b27-17?,28-23+/t18?,19?,20?,21?,22?,24-,25+/m1/s1. The van der Waals surface area contributed by atoms with E-state index in [0.717, 1.165) is 63.0 Å². The van der Waals surface area contributed by atoms with Gasteiger partial charge < -0.3 is 20.1 Å². The SMILES string of the molecule is C=C1CCC2C3C/C(=N\OC)C4CC(=NOC5CCNC5)CC[C@]4(CO)C3CC[C@]12C. The first-order chi connectivity index (χ1) is 15.0. The van der Waals surface area contributed by atoms with E-state index in [1.165, 1.54) is 24.8 Å². The van der Waals surface area contributed by atoms with E-state index >= 15 is 0 Å². The highest BCUT2D eigenvalue weighted by atomic mass is 16.6. The molecule has 0 bridgehead atoms. The lowest BCUT2D eigenvalue weighted by molar-refractivity contribution is -0.0839. The molecule has 6 heteroatoms. The third-order valence-corrected chi connectivity index (χ3v) is 9.84. The average molecular weight is 430 g/mol. The van der Waals surface area contributed by atoms with Crippen molar-refractivity contribution < 1.29 is 14.8 Å². The van der Waals surface area contributed by atoms with E-state index in [0.29, 0.717) is 17.8 Å². The lowest BCUT2D eigenvalue weighted by atomic mass is 9.44. The van der Waals surface area contributed by atoms with Crippen LogP contribution in [0.5, 0.6) is 0 Å². The third kappa shape index (κ3) is 3.36. The van der Waals surface area contributed by atoms with Crippen LogP contribution < -0.4 is 5.32 Å². The lowest BCUT2D eigenvalue weighted by Gasteiger charge is -2.60. The zero-order valence-electron chi connectivity index (χ0n) is 19.2. The maximum Gasteiger partial charge on any atom is 0.141 e. The number of allylic oxidation sites excluding steroid dienone is 1. The minimum absolute atomic E-state index is 0.112. The molecular weight excluding hydrogens is 390 g/mol. The molecule has 31 heavy (non-hydrogen) atoms. The molecular formula is C25H39N3O3. The van der Waals surface area contributed by atoms with Gasteiger partial charge in [-0.05, 0) is 81.1 Å². The van der Waals surface area contributed by atoms with Crippen LogP contribution in [0.25, 0.3) is 0 Å². The van der Waals surface area contributed by atoms with Gasteiger partial charge in [-0.25, -0.2) is 0 Å². The van der Waals surface area contributed by atoms with Gasteiger partial charge >= 0.3 is 0 Å². The van der Waals surface area contributed by atoms with Crippen molar-refractivity contribution >= 4 is 11.4 Å². The molecule has 0 radical (unpaired) electrons. The molecule has 0 aromatic heterocycles. The fourth-order valence-corrected chi connectivity index (χ4v) is 8.04. The highest BCUT2D eigenvalue weighted by Gasteiger charge is 2.62. The Hall–Kier alpha value is -1.40. The summed E-state index contributed by atoms with van der Waals surface area (Å²) < 4.78 is 0. The smallest absolute Gasteiger partial charge is 0.141 e. The van der Waals surface area contributed by atoms with Crippen LogP contribution in [0.15, 0.2) is 22.5 Å². The first kappa shape index (κ1) is 21.4. The number of hydrogen-bond acceptors (Lipinski definition) is 6. The molecule has 5 aliphatic rings. The maximum atomic E-state index is 10.9. The number of fused-ring (bicyclic) bond motifs is 5. The highest BCUT2D eigenvalue weighted by Crippen LogP contribution is 2.66. The molecule has 0 spiro atoms. The van der Waals surface area contributed by atoms with Crippen molar-refractivity contribution in [1.82, 2.24) is 5.32 Å². The van der Waals surface area contributed by atoms with Crippen molar-refractivity contribution in [3.8, 4) is 0 Å². The second-order valence-electron chi connectivity index (χ2n) is 11.0. The first-order valence-electron chi connectivity index (χ1n) is 12.3. The van der Waals surface area contributed by atoms with E-state index in [1.807, 2.05) is 0 Å². The quantitative estimate of drug-likeness (QED) is 0.525. The number of oxime groups is 2. The Morgan fingerprint density at radius 2 is 2.00 bits per heavy atom. The summed E-state index contributed by atoms with van der Waals surface area (Å²) >= 11 is 0. The molecule has 1 aliphatic heterocycles. The fraction of sp³-hybridized carbons (Fsp3) is 0.840. The largest absolute Gasteiger partial charge is 0.399 e. The van der Waals surface area contributed by atoms with E-state index in [4.69, 9.17) is 9.68 Å². The van der Waals surface area contributed by atoms with Gasteiger partial charge in [-0.3, -0.25) is 0 Å². The van der Waals surface area contributed by atoms with Crippen LogP contribution in [-0.2, 0) is 9.68 Å². The van der Waals surface area contributed by atoms with Crippen molar-refractivity contribution in [2.45, 2.75) is 70.8 Å². The number of nitrogens with zero attached hydrogens (tertiary/aromatic N) is 2. The van der Waals surface area contributed by atoms with E-state index in [-0.39, 0.29) is 29.5 Å². The summed E-state index contributed by atoms with van der Waals surface area (Å²) in [6, 6.07) is 0. The second kappa shape index (κ2) is 8.18. The Morgan fingerprint density at radius 3 is 2.74 bits per heavy atom. The molecule has 0 aromatic carbocycles. The molecule has 5 rings (SSSR count). The summed E-state index contributed by atoms with van der Waals surface area (Å²) in [5, 5.41) is 23.3. The van der Waals surface area contributed by atoms with Crippen molar-refractivity contribution in [2.24, 2.45) is 44.8 Å². The maximum absolute atomic E-state index is 10.9. The highest BCUT2D eigenvalue weighted by molar-refractivity contribution is 5.95. The summed E-state index contributed by atoms with van der Waals surface area (Å²) in [5.41, 5.74) is 3.85. The van der Waals surface area contributed by atoms with Crippen LogP contribution in [0.1, 0.15) is 64.7 Å². The van der Waals surface area contributed by atoms with Crippen LogP contribution in [0.3, 0.4) is 0 Å². The van der Waals surface area contributed by atoms with Gasteiger partial charge in [-0.15, -0.1) is 0 Å². The van der Waals surface area contributed by atoms with Crippen LogP contribution in [-0.4, -0.2) is 49.4 Å². The Balaban J connectivity index is 1.43. The predicted molar refractivity (Wildman–Crippen MR) is 122 cm³/mol. The Bertz CT molecular complexity index is 774. The van der Waals surface area contributed by atoms with Crippen LogP contribution in [0.2, 0.25) is 0 Å². The van der Waals surface area contributed by atoms with E-state index in [2.05, 4.69) is 29.1 Å². The number of nitrogens with one attached hydrogen (secondary N) is 1. The molecule has 7 atom stereocenters. The van der Waals surface area contributed by atoms with Crippen LogP contribution >= 0.6 is 0 Å². The number of hydrogen-bond donors (Lipinski definition) is 2. The number of aliphatic hydroxyl groups is 1. The molecule has 1 heterocycles. The minimum Gasteiger partial charge on any atom is -0.399 e. The summed E-state index contributed by atoms with van der Waals surface area (Å²) in [7, 11) is 1.65.